The minimum Gasteiger partial charge on any atom is -0.450 e. The van der Waals surface area contributed by atoms with Gasteiger partial charge in [0.15, 0.2) is 0 Å². The Morgan fingerprint density at radius 1 is 1.55 bits per heavy atom. The van der Waals surface area contributed by atoms with Crippen LogP contribution < -0.4 is 5.32 Å². The van der Waals surface area contributed by atoms with Gasteiger partial charge in [0.25, 0.3) is 0 Å². The summed E-state index contributed by atoms with van der Waals surface area (Å²) < 4.78 is 6.65. The topological polar surface area (TPSA) is 79.9 Å². The van der Waals surface area contributed by atoms with Crippen molar-refractivity contribution in [2.45, 2.75) is 12.8 Å². The number of nitrogens with one attached hydrogen (secondary N) is 1. The summed E-state index contributed by atoms with van der Waals surface area (Å²) in [4.78, 5) is 15.7. The van der Waals surface area contributed by atoms with E-state index in [1.807, 2.05) is 35.9 Å². The zero-order chi connectivity index (χ0) is 14.5. The zero-order valence-electron chi connectivity index (χ0n) is 11.5. The highest BCUT2D eigenvalue weighted by Gasteiger charge is 2.19. The summed E-state index contributed by atoms with van der Waals surface area (Å²) >= 11 is 0. The number of nitrogens with zero attached hydrogens (tertiary/aromatic N) is 3. The average Bonchev–Trinajstić information content (AvgIpc) is 2.78. The van der Waals surface area contributed by atoms with Crippen molar-refractivity contribution in [2.24, 2.45) is 7.05 Å². The number of benzene rings is 1. The first-order chi connectivity index (χ1) is 9.67. The van der Waals surface area contributed by atoms with Gasteiger partial charge in [-0.15, -0.1) is 0 Å². The van der Waals surface area contributed by atoms with E-state index >= 15 is 0 Å². The lowest BCUT2D eigenvalue weighted by atomic mass is 10.1. The molecule has 1 heterocycles. The summed E-state index contributed by atoms with van der Waals surface area (Å²) in [6.45, 7) is 2.20. The number of carbonyl (C=O) groups excluding carboxylic acids is 1. The number of nitriles is 1. The lowest BCUT2D eigenvalue weighted by Crippen LogP contribution is -2.29. The van der Waals surface area contributed by atoms with Crippen molar-refractivity contribution >= 4 is 17.1 Å². The molecule has 0 aliphatic rings. The van der Waals surface area contributed by atoms with Crippen molar-refractivity contribution in [1.29, 1.82) is 5.26 Å². The molecule has 0 aliphatic carbocycles. The Bertz CT molecular complexity index is 657. The summed E-state index contributed by atoms with van der Waals surface area (Å²) in [7, 11) is 1.86. The lowest BCUT2D eigenvalue weighted by Gasteiger charge is -2.10. The van der Waals surface area contributed by atoms with E-state index in [1.54, 1.807) is 6.92 Å². The Morgan fingerprint density at radius 2 is 2.30 bits per heavy atom. The fourth-order valence-corrected chi connectivity index (χ4v) is 2.04. The van der Waals surface area contributed by atoms with Crippen LogP contribution in [0.1, 0.15) is 18.7 Å². The van der Waals surface area contributed by atoms with Gasteiger partial charge >= 0.3 is 6.09 Å². The van der Waals surface area contributed by atoms with Gasteiger partial charge in [0.05, 0.1) is 23.7 Å². The lowest BCUT2D eigenvalue weighted by molar-refractivity contribution is 0.152. The number of alkyl carbamates (subject to hydrolysis) is 1. The minimum atomic E-state index is -0.522. The van der Waals surface area contributed by atoms with Crippen LogP contribution in [0.3, 0.4) is 0 Å². The molecule has 20 heavy (non-hydrogen) atoms. The molecule has 1 unspecified atom stereocenters. The van der Waals surface area contributed by atoms with Gasteiger partial charge in [0, 0.05) is 13.6 Å². The number of imidazole rings is 1. The molecular formula is C14H16N4O2. The summed E-state index contributed by atoms with van der Waals surface area (Å²) in [6.07, 6.45) is -0.522. The number of hydrogen-bond acceptors (Lipinski definition) is 4. The van der Waals surface area contributed by atoms with Gasteiger partial charge in [-0.3, -0.25) is 0 Å². The van der Waals surface area contributed by atoms with E-state index in [2.05, 4.69) is 16.4 Å². The first-order valence-electron chi connectivity index (χ1n) is 6.39. The second-order valence-corrected chi connectivity index (χ2v) is 4.30. The Hall–Kier alpha value is -2.55. The first-order valence-corrected chi connectivity index (χ1v) is 6.39. The molecule has 1 amide bonds. The normalized spacial score (nSPS) is 11.8. The van der Waals surface area contributed by atoms with Crippen molar-refractivity contribution in [3.8, 4) is 6.07 Å². The van der Waals surface area contributed by atoms with Crippen LogP contribution in [-0.4, -0.2) is 28.8 Å². The fraction of sp³-hybridized carbons (Fsp3) is 0.357. The molecule has 0 radical (unpaired) electrons. The molecule has 0 spiro atoms. The van der Waals surface area contributed by atoms with Gasteiger partial charge in [-0.25, -0.2) is 9.78 Å². The van der Waals surface area contributed by atoms with Crippen LogP contribution in [-0.2, 0) is 11.8 Å². The number of aromatic nitrogens is 2. The van der Waals surface area contributed by atoms with E-state index in [0.717, 1.165) is 11.0 Å². The van der Waals surface area contributed by atoms with Crippen LogP contribution in [0.4, 0.5) is 4.79 Å². The van der Waals surface area contributed by atoms with E-state index in [1.165, 1.54) is 0 Å². The maximum absolute atomic E-state index is 11.3. The van der Waals surface area contributed by atoms with Gasteiger partial charge in [-0.1, -0.05) is 12.1 Å². The number of fused-ring (bicyclic) bond motifs is 1. The van der Waals surface area contributed by atoms with Crippen LogP contribution in [0.15, 0.2) is 24.3 Å². The number of para-hydroxylation sites is 2. The summed E-state index contributed by atoms with van der Waals surface area (Å²) in [6, 6.07) is 9.83. The quantitative estimate of drug-likeness (QED) is 0.922. The molecule has 1 aromatic heterocycles. The van der Waals surface area contributed by atoms with Gasteiger partial charge in [0.2, 0.25) is 0 Å². The van der Waals surface area contributed by atoms with E-state index in [0.29, 0.717) is 12.4 Å². The van der Waals surface area contributed by atoms with Crippen LogP contribution in [0.2, 0.25) is 0 Å². The van der Waals surface area contributed by atoms with Crippen molar-refractivity contribution in [3.05, 3.63) is 30.1 Å². The molecule has 1 atom stereocenters. The van der Waals surface area contributed by atoms with Gasteiger partial charge in [-0.05, 0) is 19.1 Å². The molecule has 0 fully saturated rings. The molecule has 104 valence electrons. The Kier molecular flexibility index (Phi) is 4.20. The molecule has 6 heteroatoms. The SMILES string of the molecule is CCOC(=O)NCC(C#N)c1nc2ccccc2n1C. The first kappa shape index (κ1) is 13.9. The number of aryl methyl sites for hydroxylation is 1. The smallest absolute Gasteiger partial charge is 0.407 e. The van der Waals surface area contributed by atoms with E-state index < -0.39 is 12.0 Å². The minimum absolute atomic E-state index is 0.173. The third-order valence-corrected chi connectivity index (χ3v) is 3.02. The molecule has 0 bridgehead atoms. The number of rotatable bonds is 4. The molecule has 1 N–H and O–H groups in total. The molecule has 0 aliphatic heterocycles. The molecule has 0 saturated heterocycles. The van der Waals surface area contributed by atoms with E-state index in [4.69, 9.17) is 4.74 Å². The number of ether oxygens (including phenoxy) is 1. The third-order valence-electron chi connectivity index (χ3n) is 3.02. The predicted octanol–water partition coefficient (Wildman–Crippen LogP) is 1.93. The fourth-order valence-electron chi connectivity index (χ4n) is 2.04. The molecule has 2 rings (SSSR count). The van der Waals surface area contributed by atoms with Crippen LogP contribution in [0, 0.1) is 11.3 Å². The molecule has 1 aromatic carbocycles. The van der Waals surface area contributed by atoms with Crippen molar-refractivity contribution in [3.63, 3.8) is 0 Å². The highest BCUT2D eigenvalue weighted by molar-refractivity contribution is 5.76. The zero-order valence-corrected chi connectivity index (χ0v) is 11.5. The van der Waals surface area contributed by atoms with Crippen LogP contribution in [0.5, 0.6) is 0 Å². The standard InChI is InChI=1S/C14H16N4O2/c1-3-20-14(19)16-9-10(8-15)13-17-11-6-4-5-7-12(11)18(13)2/h4-7,10H,3,9H2,1-2H3,(H,16,19). The number of amides is 1. The van der Waals surface area contributed by atoms with Gasteiger partial charge in [-0.2, -0.15) is 5.26 Å². The van der Waals surface area contributed by atoms with Crippen LogP contribution in [0.25, 0.3) is 11.0 Å². The second kappa shape index (κ2) is 6.06. The average molecular weight is 272 g/mol. The largest absolute Gasteiger partial charge is 0.450 e. The van der Waals surface area contributed by atoms with Crippen molar-refractivity contribution in [2.75, 3.05) is 13.2 Å². The Balaban J connectivity index is 2.20. The van der Waals surface area contributed by atoms with E-state index in [-0.39, 0.29) is 6.54 Å². The number of hydrogen-bond donors (Lipinski definition) is 1. The molecule has 6 nitrogen and oxygen atoms in total. The van der Waals surface area contributed by atoms with Crippen molar-refractivity contribution in [1.82, 2.24) is 14.9 Å². The third kappa shape index (κ3) is 2.72. The monoisotopic (exact) mass is 272 g/mol. The summed E-state index contributed by atoms with van der Waals surface area (Å²) in [5, 5.41) is 11.8. The van der Waals surface area contributed by atoms with Crippen molar-refractivity contribution < 1.29 is 9.53 Å². The Labute approximate surface area is 117 Å². The van der Waals surface area contributed by atoms with Gasteiger partial charge in [0.1, 0.15) is 11.7 Å². The molecule has 2 aromatic rings. The highest BCUT2D eigenvalue weighted by Crippen LogP contribution is 2.20. The van der Waals surface area contributed by atoms with Gasteiger partial charge < -0.3 is 14.6 Å². The summed E-state index contributed by atoms with van der Waals surface area (Å²) in [5.74, 6) is 0.113. The maximum atomic E-state index is 11.3. The Morgan fingerprint density at radius 3 is 2.95 bits per heavy atom. The second-order valence-electron chi connectivity index (χ2n) is 4.30. The molecule has 0 saturated carbocycles. The van der Waals surface area contributed by atoms with Crippen LogP contribution >= 0.6 is 0 Å². The van der Waals surface area contributed by atoms with E-state index in [9.17, 15) is 10.1 Å². The maximum Gasteiger partial charge on any atom is 0.407 e. The number of carbonyl (C=O) groups is 1. The molecular weight excluding hydrogens is 256 g/mol. The summed E-state index contributed by atoms with van der Waals surface area (Å²) in [5.41, 5.74) is 1.79. The predicted molar refractivity (Wildman–Crippen MR) is 74.1 cm³/mol. The highest BCUT2D eigenvalue weighted by atomic mass is 16.5.